The molecule has 2 saturated heterocycles. The highest BCUT2D eigenvalue weighted by atomic mass is 16.5. The second-order valence-electron chi connectivity index (χ2n) is 6.47. The van der Waals surface area contributed by atoms with Crippen molar-refractivity contribution in [3.05, 3.63) is 0 Å². The number of nitrogens with two attached hydrogens (primary N) is 1. The lowest BCUT2D eigenvalue weighted by molar-refractivity contribution is -0.145. The number of carbonyl (C=O) groups excluding carboxylic acids is 1. The number of rotatable bonds is 1. The zero-order chi connectivity index (χ0) is 12.7. The number of likely N-dealkylation sites (tertiary alicyclic amines) is 1. The Hall–Kier alpha value is -0.610. The van der Waals surface area contributed by atoms with Gasteiger partial charge in [0.05, 0.1) is 12.2 Å². The molecule has 2 heterocycles. The predicted octanol–water partition coefficient (Wildman–Crippen LogP) is 1.14. The minimum Gasteiger partial charge on any atom is -0.371 e. The molecular formula is C14H24N2O2. The summed E-state index contributed by atoms with van der Waals surface area (Å²) in [5, 5.41) is 0. The Kier molecular flexibility index (Phi) is 3.32. The molecule has 0 aromatic carbocycles. The van der Waals surface area contributed by atoms with Crippen LogP contribution in [0.25, 0.3) is 0 Å². The summed E-state index contributed by atoms with van der Waals surface area (Å²) >= 11 is 0. The standard InChI is InChI=1S/C14H24N2O2/c1-9-4-10(6-11(15)5-9)14(17)16-7-12-2-3-13(8-16)18-12/h9-13H,2-8,15H2,1H3. The van der Waals surface area contributed by atoms with Crippen molar-refractivity contribution >= 4 is 5.91 Å². The predicted molar refractivity (Wildman–Crippen MR) is 69.0 cm³/mol. The fourth-order valence-corrected chi connectivity index (χ4v) is 3.91. The van der Waals surface area contributed by atoms with Crippen LogP contribution in [0, 0.1) is 11.8 Å². The number of morpholine rings is 1. The van der Waals surface area contributed by atoms with Crippen LogP contribution < -0.4 is 5.73 Å². The average molecular weight is 252 g/mol. The Morgan fingerprint density at radius 3 is 2.44 bits per heavy atom. The molecule has 0 spiro atoms. The summed E-state index contributed by atoms with van der Waals surface area (Å²) < 4.78 is 5.79. The third-order valence-electron chi connectivity index (χ3n) is 4.68. The summed E-state index contributed by atoms with van der Waals surface area (Å²) in [6.07, 6.45) is 5.78. The van der Waals surface area contributed by atoms with Gasteiger partial charge in [0.1, 0.15) is 0 Å². The van der Waals surface area contributed by atoms with E-state index in [0.29, 0.717) is 24.0 Å². The fourth-order valence-electron chi connectivity index (χ4n) is 3.91. The van der Waals surface area contributed by atoms with Crippen LogP contribution in [-0.4, -0.2) is 42.1 Å². The maximum atomic E-state index is 12.6. The van der Waals surface area contributed by atoms with Crippen LogP contribution in [0.5, 0.6) is 0 Å². The molecule has 3 rings (SSSR count). The lowest BCUT2D eigenvalue weighted by atomic mass is 9.79. The van der Waals surface area contributed by atoms with E-state index in [1.54, 1.807) is 0 Å². The summed E-state index contributed by atoms with van der Waals surface area (Å²) in [6.45, 7) is 3.81. The molecule has 102 valence electrons. The van der Waals surface area contributed by atoms with Gasteiger partial charge in [-0.1, -0.05) is 6.92 Å². The van der Waals surface area contributed by atoms with Gasteiger partial charge in [0, 0.05) is 25.0 Å². The number of ether oxygens (including phenoxy) is 1. The molecule has 18 heavy (non-hydrogen) atoms. The molecule has 3 aliphatic rings. The zero-order valence-electron chi connectivity index (χ0n) is 11.2. The van der Waals surface area contributed by atoms with Crippen molar-refractivity contribution in [3.8, 4) is 0 Å². The fraction of sp³-hybridized carbons (Fsp3) is 0.929. The second-order valence-corrected chi connectivity index (χ2v) is 6.47. The van der Waals surface area contributed by atoms with Gasteiger partial charge in [-0.2, -0.15) is 0 Å². The van der Waals surface area contributed by atoms with E-state index in [-0.39, 0.29) is 12.0 Å². The van der Waals surface area contributed by atoms with Crippen molar-refractivity contribution in [1.29, 1.82) is 0 Å². The van der Waals surface area contributed by atoms with Crippen molar-refractivity contribution in [2.24, 2.45) is 17.6 Å². The van der Waals surface area contributed by atoms with Crippen LogP contribution >= 0.6 is 0 Å². The summed E-state index contributed by atoms with van der Waals surface area (Å²) in [5.41, 5.74) is 6.05. The quantitative estimate of drug-likeness (QED) is 0.761. The van der Waals surface area contributed by atoms with Gasteiger partial charge in [0.15, 0.2) is 0 Å². The third kappa shape index (κ3) is 2.41. The first-order chi connectivity index (χ1) is 8.61. The number of hydrogen-bond acceptors (Lipinski definition) is 3. The van der Waals surface area contributed by atoms with Gasteiger partial charge in [0.2, 0.25) is 5.91 Å². The number of fused-ring (bicyclic) bond motifs is 2. The Morgan fingerprint density at radius 1 is 1.17 bits per heavy atom. The topological polar surface area (TPSA) is 55.6 Å². The molecule has 4 nitrogen and oxygen atoms in total. The molecule has 1 amide bonds. The average Bonchev–Trinajstić information content (AvgIpc) is 2.66. The van der Waals surface area contributed by atoms with Crippen LogP contribution in [0.2, 0.25) is 0 Å². The van der Waals surface area contributed by atoms with Gasteiger partial charge in [0.25, 0.3) is 0 Å². The zero-order valence-corrected chi connectivity index (χ0v) is 11.2. The summed E-state index contributed by atoms with van der Waals surface area (Å²) in [5.74, 6) is 1.07. The third-order valence-corrected chi connectivity index (χ3v) is 4.68. The molecule has 2 bridgehead atoms. The molecule has 1 aliphatic carbocycles. The van der Waals surface area contributed by atoms with E-state index in [4.69, 9.17) is 10.5 Å². The summed E-state index contributed by atoms with van der Waals surface area (Å²) in [7, 11) is 0. The highest BCUT2D eigenvalue weighted by Crippen LogP contribution is 2.32. The number of nitrogens with zero attached hydrogens (tertiary/aromatic N) is 1. The van der Waals surface area contributed by atoms with E-state index in [0.717, 1.165) is 45.2 Å². The van der Waals surface area contributed by atoms with Crippen LogP contribution in [0.4, 0.5) is 0 Å². The van der Waals surface area contributed by atoms with Gasteiger partial charge in [-0.25, -0.2) is 0 Å². The van der Waals surface area contributed by atoms with Crippen molar-refractivity contribution in [1.82, 2.24) is 4.90 Å². The Morgan fingerprint density at radius 2 is 1.83 bits per heavy atom. The van der Waals surface area contributed by atoms with Gasteiger partial charge >= 0.3 is 0 Å². The Bertz CT molecular complexity index is 308. The molecule has 1 saturated carbocycles. The first-order valence-electron chi connectivity index (χ1n) is 7.31. The minimum absolute atomic E-state index is 0.154. The molecule has 0 aromatic rings. The summed E-state index contributed by atoms with van der Waals surface area (Å²) in [6, 6.07) is 0.209. The van der Waals surface area contributed by atoms with Gasteiger partial charge < -0.3 is 15.4 Å². The van der Waals surface area contributed by atoms with Crippen molar-refractivity contribution in [2.45, 2.75) is 57.3 Å². The second kappa shape index (κ2) is 4.82. The molecule has 5 atom stereocenters. The van der Waals surface area contributed by atoms with Crippen LogP contribution in [-0.2, 0) is 9.53 Å². The Balaban J connectivity index is 1.63. The SMILES string of the molecule is CC1CC(N)CC(C(=O)N2CC3CCC(C2)O3)C1. The first-order valence-corrected chi connectivity index (χ1v) is 7.31. The van der Waals surface area contributed by atoms with E-state index in [2.05, 4.69) is 6.92 Å². The van der Waals surface area contributed by atoms with Crippen LogP contribution in [0.3, 0.4) is 0 Å². The van der Waals surface area contributed by atoms with Crippen molar-refractivity contribution in [3.63, 3.8) is 0 Å². The number of hydrogen-bond donors (Lipinski definition) is 1. The van der Waals surface area contributed by atoms with E-state index >= 15 is 0 Å². The van der Waals surface area contributed by atoms with Gasteiger partial charge in [-0.3, -0.25) is 4.79 Å². The van der Waals surface area contributed by atoms with E-state index in [1.165, 1.54) is 0 Å². The first kappa shape index (κ1) is 12.4. The monoisotopic (exact) mass is 252 g/mol. The normalized spacial score (nSPS) is 44.1. The van der Waals surface area contributed by atoms with Crippen LogP contribution in [0.1, 0.15) is 39.0 Å². The number of carbonyl (C=O) groups is 1. The molecular weight excluding hydrogens is 228 g/mol. The summed E-state index contributed by atoms with van der Waals surface area (Å²) in [4.78, 5) is 14.6. The molecule has 2 aliphatic heterocycles. The van der Waals surface area contributed by atoms with Crippen molar-refractivity contribution < 1.29 is 9.53 Å². The molecule has 4 heteroatoms. The Labute approximate surface area is 109 Å². The molecule has 3 fully saturated rings. The smallest absolute Gasteiger partial charge is 0.225 e. The van der Waals surface area contributed by atoms with Crippen molar-refractivity contribution in [2.75, 3.05) is 13.1 Å². The number of amides is 1. The lowest BCUT2D eigenvalue weighted by Crippen LogP contribution is -2.49. The molecule has 5 unspecified atom stereocenters. The molecule has 2 N–H and O–H groups in total. The maximum absolute atomic E-state index is 12.6. The van der Waals surface area contributed by atoms with E-state index < -0.39 is 0 Å². The highest BCUT2D eigenvalue weighted by Gasteiger charge is 2.39. The molecule has 0 radical (unpaired) electrons. The maximum Gasteiger partial charge on any atom is 0.225 e. The van der Waals surface area contributed by atoms with E-state index in [1.807, 2.05) is 4.90 Å². The minimum atomic E-state index is 0.154. The van der Waals surface area contributed by atoms with Gasteiger partial charge in [-0.05, 0) is 38.0 Å². The largest absolute Gasteiger partial charge is 0.371 e. The highest BCUT2D eigenvalue weighted by molar-refractivity contribution is 5.79. The van der Waals surface area contributed by atoms with Gasteiger partial charge in [-0.15, -0.1) is 0 Å². The lowest BCUT2D eigenvalue weighted by Gasteiger charge is -2.37. The molecule has 0 aromatic heterocycles. The van der Waals surface area contributed by atoms with E-state index in [9.17, 15) is 4.79 Å². The van der Waals surface area contributed by atoms with Crippen LogP contribution in [0.15, 0.2) is 0 Å².